The maximum Gasteiger partial charge on any atom is 0.309 e. The van der Waals surface area contributed by atoms with E-state index in [1.54, 1.807) is 19.2 Å². The van der Waals surface area contributed by atoms with Gasteiger partial charge in [0, 0.05) is 43.7 Å². The highest BCUT2D eigenvalue weighted by Gasteiger charge is 2.27. The molecule has 0 aliphatic carbocycles. The van der Waals surface area contributed by atoms with Crippen molar-refractivity contribution in [3.05, 3.63) is 35.2 Å². The number of carbonyl (C=O) groups is 1. The van der Waals surface area contributed by atoms with Gasteiger partial charge < -0.3 is 19.5 Å². The van der Waals surface area contributed by atoms with Crippen molar-refractivity contribution >= 4 is 47.5 Å². The number of aromatic nitrogens is 2. The van der Waals surface area contributed by atoms with E-state index in [4.69, 9.17) is 20.9 Å². The smallest absolute Gasteiger partial charge is 0.309 e. The molecule has 1 fully saturated rings. The molecular weight excluding hydrogens is 521 g/mol. The SMILES string of the molecule is CCOC(=O)C1CCN(C(=NC)NCCc2nc(-c3ccc(Cl)cc3)no2)CC1.I. The Morgan fingerprint density at radius 1 is 1.33 bits per heavy atom. The third-order valence-electron chi connectivity index (χ3n) is 4.82. The number of guanidine groups is 1. The van der Waals surface area contributed by atoms with Crippen LogP contribution < -0.4 is 5.32 Å². The largest absolute Gasteiger partial charge is 0.466 e. The number of hydrogen-bond donors (Lipinski definition) is 1. The fourth-order valence-electron chi connectivity index (χ4n) is 3.27. The first-order valence-electron chi connectivity index (χ1n) is 9.81. The van der Waals surface area contributed by atoms with E-state index < -0.39 is 0 Å². The summed E-state index contributed by atoms with van der Waals surface area (Å²) in [7, 11) is 1.76. The first kappa shape index (κ1) is 24.4. The van der Waals surface area contributed by atoms with Gasteiger partial charge >= 0.3 is 5.97 Å². The number of hydrogen-bond acceptors (Lipinski definition) is 6. The Labute approximate surface area is 198 Å². The molecule has 1 aliphatic heterocycles. The Balaban J connectivity index is 0.00000320. The van der Waals surface area contributed by atoms with Crippen LogP contribution in [-0.2, 0) is 16.0 Å². The molecule has 2 heterocycles. The van der Waals surface area contributed by atoms with Gasteiger partial charge in [0.2, 0.25) is 11.7 Å². The van der Waals surface area contributed by atoms with Gasteiger partial charge in [0.05, 0.1) is 12.5 Å². The highest BCUT2D eigenvalue weighted by molar-refractivity contribution is 14.0. The van der Waals surface area contributed by atoms with Crippen molar-refractivity contribution in [3.8, 4) is 11.4 Å². The highest BCUT2D eigenvalue weighted by atomic mass is 127. The van der Waals surface area contributed by atoms with Crippen LogP contribution in [0.4, 0.5) is 0 Å². The lowest BCUT2D eigenvalue weighted by molar-refractivity contribution is -0.149. The van der Waals surface area contributed by atoms with Crippen molar-refractivity contribution in [1.82, 2.24) is 20.4 Å². The number of nitrogens with zero attached hydrogens (tertiary/aromatic N) is 4. The van der Waals surface area contributed by atoms with Crippen molar-refractivity contribution in [2.24, 2.45) is 10.9 Å². The van der Waals surface area contributed by atoms with Crippen LogP contribution in [0, 0.1) is 5.92 Å². The van der Waals surface area contributed by atoms with E-state index in [-0.39, 0.29) is 35.9 Å². The van der Waals surface area contributed by atoms with Crippen LogP contribution in [0.3, 0.4) is 0 Å². The lowest BCUT2D eigenvalue weighted by Gasteiger charge is -2.33. The van der Waals surface area contributed by atoms with E-state index in [0.29, 0.717) is 36.3 Å². The molecule has 10 heteroatoms. The summed E-state index contributed by atoms with van der Waals surface area (Å²) in [5.41, 5.74) is 0.859. The number of benzene rings is 1. The Morgan fingerprint density at radius 3 is 2.67 bits per heavy atom. The molecule has 1 saturated heterocycles. The number of aliphatic imine (C=N–C) groups is 1. The Hall–Kier alpha value is -1.88. The van der Waals surface area contributed by atoms with Crippen LogP contribution in [0.5, 0.6) is 0 Å². The first-order chi connectivity index (χ1) is 14.1. The zero-order valence-electron chi connectivity index (χ0n) is 17.1. The third-order valence-corrected chi connectivity index (χ3v) is 5.07. The van der Waals surface area contributed by atoms with Gasteiger partial charge in [-0.1, -0.05) is 16.8 Å². The molecule has 8 nitrogen and oxygen atoms in total. The lowest BCUT2D eigenvalue weighted by atomic mass is 9.97. The van der Waals surface area contributed by atoms with Gasteiger partial charge in [0.1, 0.15) is 0 Å². The molecule has 0 amide bonds. The molecule has 1 aromatic carbocycles. The second kappa shape index (κ2) is 12.1. The molecule has 0 atom stereocenters. The minimum Gasteiger partial charge on any atom is -0.466 e. The van der Waals surface area contributed by atoms with E-state index >= 15 is 0 Å². The second-order valence-corrected chi connectivity index (χ2v) is 7.19. The van der Waals surface area contributed by atoms with Crippen LogP contribution in [0.2, 0.25) is 5.02 Å². The van der Waals surface area contributed by atoms with E-state index in [2.05, 4.69) is 25.3 Å². The second-order valence-electron chi connectivity index (χ2n) is 6.76. The predicted molar refractivity (Wildman–Crippen MR) is 126 cm³/mol. The summed E-state index contributed by atoms with van der Waals surface area (Å²) in [5, 5.41) is 8.02. The molecule has 2 aromatic rings. The van der Waals surface area contributed by atoms with Crippen LogP contribution >= 0.6 is 35.6 Å². The molecule has 0 saturated carbocycles. The maximum absolute atomic E-state index is 11.9. The average Bonchev–Trinajstić information content (AvgIpc) is 3.21. The van der Waals surface area contributed by atoms with Crippen molar-refractivity contribution in [1.29, 1.82) is 0 Å². The van der Waals surface area contributed by atoms with Gasteiger partial charge in [-0.3, -0.25) is 9.79 Å². The summed E-state index contributed by atoms with van der Waals surface area (Å²) in [6, 6.07) is 7.31. The molecule has 0 bridgehead atoms. The third kappa shape index (κ3) is 6.56. The number of rotatable bonds is 6. The van der Waals surface area contributed by atoms with E-state index in [0.717, 1.165) is 37.5 Å². The Bertz CT molecular complexity index is 835. The van der Waals surface area contributed by atoms with E-state index in [9.17, 15) is 4.79 Å². The topological polar surface area (TPSA) is 92.8 Å². The number of likely N-dealkylation sites (tertiary alicyclic amines) is 1. The van der Waals surface area contributed by atoms with Crippen molar-refractivity contribution in [3.63, 3.8) is 0 Å². The normalized spacial score (nSPS) is 14.9. The minimum absolute atomic E-state index is 0. The molecule has 0 spiro atoms. The molecule has 1 aliphatic rings. The van der Waals surface area contributed by atoms with Gasteiger partial charge in [-0.05, 0) is 44.0 Å². The van der Waals surface area contributed by atoms with Gasteiger partial charge in [-0.2, -0.15) is 4.98 Å². The summed E-state index contributed by atoms with van der Waals surface area (Å²) in [6.45, 7) is 4.42. The molecule has 1 N–H and O–H groups in total. The summed E-state index contributed by atoms with van der Waals surface area (Å²) >= 11 is 5.91. The number of ether oxygens (including phenoxy) is 1. The molecule has 0 radical (unpaired) electrons. The van der Waals surface area contributed by atoms with Gasteiger partial charge in [0.15, 0.2) is 5.96 Å². The summed E-state index contributed by atoms with van der Waals surface area (Å²) in [5.74, 6) is 1.79. The summed E-state index contributed by atoms with van der Waals surface area (Å²) in [4.78, 5) is 22.8. The fraction of sp³-hybridized carbons (Fsp3) is 0.500. The predicted octanol–water partition coefficient (Wildman–Crippen LogP) is 3.40. The molecule has 0 unspecified atom stereocenters. The number of carbonyl (C=O) groups excluding carboxylic acids is 1. The molecule has 164 valence electrons. The number of halogens is 2. The quantitative estimate of drug-likeness (QED) is 0.256. The van der Waals surface area contributed by atoms with Gasteiger partial charge in [-0.25, -0.2) is 0 Å². The van der Waals surface area contributed by atoms with Crippen LogP contribution in [0.1, 0.15) is 25.7 Å². The van der Waals surface area contributed by atoms with Crippen LogP contribution in [0.15, 0.2) is 33.8 Å². The Kier molecular flexibility index (Phi) is 9.83. The average molecular weight is 548 g/mol. The lowest BCUT2D eigenvalue weighted by Crippen LogP contribution is -2.47. The zero-order chi connectivity index (χ0) is 20.6. The van der Waals surface area contributed by atoms with Crippen LogP contribution in [0.25, 0.3) is 11.4 Å². The molecular formula is C20H27ClIN5O3. The monoisotopic (exact) mass is 547 g/mol. The summed E-state index contributed by atoms with van der Waals surface area (Å²) < 4.78 is 10.5. The minimum atomic E-state index is -0.0945. The molecule has 1 aromatic heterocycles. The van der Waals surface area contributed by atoms with Gasteiger partial charge in [0.25, 0.3) is 0 Å². The Morgan fingerprint density at radius 2 is 2.03 bits per heavy atom. The van der Waals surface area contributed by atoms with Gasteiger partial charge in [-0.15, -0.1) is 24.0 Å². The van der Waals surface area contributed by atoms with E-state index in [1.165, 1.54) is 0 Å². The van der Waals surface area contributed by atoms with Crippen LogP contribution in [-0.4, -0.2) is 60.3 Å². The van der Waals surface area contributed by atoms with Crippen molar-refractivity contribution in [2.45, 2.75) is 26.2 Å². The number of esters is 1. The highest BCUT2D eigenvalue weighted by Crippen LogP contribution is 2.20. The fourth-order valence-corrected chi connectivity index (χ4v) is 3.40. The standard InChI is InChI=1S/C20H26ClN5O3.HI/c1-3-28-19(27)15-9-12-26(13-10-15)20(22-2)23-11-8-17-24-18(25-29-17)14-4-6-16(21)7-5-14;/h4-7,15H,3,8-13H2,1-2H3,(H,22,23);1H. The van der Waals surface area contributed by atoms with Crippen molar-refractivity contribution in [2.75, 3.05) is 33.3 Å². The van der Waals surface area contributed by atoms with E-state index in [1.807, 2.05) is 19.1 Å². The summed E-state index contributed by atoms with van der Waals surface area (Å²) in [6.07, 6.45) is 2.13. The molecule has 3 rings (SSSR count). The maximum atomic E-state index is 11.9. The molecule has 30 heavy (non-hydrogen) atoms. The first-order valence-corrected chi connectivity index (χ1v) is 10.2. The number of nitrogens with one attached hydrogen (secondary N) is 1. The number of piperidine rings is 1. The van der Waals surface area contributed by atoms with Crippen molar-refractivity contribution < 1.29 is 14.1 Å². The zero-order valence-corrected chi connectivity index (χ0v) is 20.2.